The number of benzene rings is 2. The standard InChI is InChI=1S/C32H37NSi/c1-8-10-23-17-27-25(22-13-15-24(16-14-22)32(5,6)7)11-9-12-26(27)31(23)34-29-18-28-30(20(29)3)19(2)21(4)33-28/h9,11-18,31H,8,10,34H2,1-7H3. The molecule has 2 heteroatoms. The van der Waals surface area contributed by atoms with Gasteiger partial charge in [-0.15, -0.1) is 0 Å². The minimum absolute atomic E-state index is 0.179. The Morgan fingerprint density at radius 3 is 2.29 bits per heavy atom. The molecule has 0 fully saturated rings. The lowest BCUT2D eigenvalue weighted by molar-refractivity contribution is 0.590. The number of hydrogen-bond acceptors (Lipinski definition) is 1. The zero-order valence-corrected chi connectivity index (χ0v) is 23.3. The maximum atomic E-state index is 4.85. The minimum Gasteiger partial charge on any atom is -0.253 e. The highest BCUT2D eigenvalue weighted by molar-refractivity contribution is 6.50. The molecule has 1 aliphatic heterocycles. The van der Waals surface area contributed by atoms with Crippen molar-refractivity contribution in [1.29, 1.82) is 0 Å². The van der Waals surface area contributed by atoms with Crippen LogP contribution in [0.4, 0.5) is 0 Å². The largest absolute Gasteiger partial charge is 0.253 e. The molecule has 2 aromatic carbocycles. The van der Waals surface area contributed by atoms with Gasteiger partial charge in [0, 0.05) is 11.3 Å². The van der Waals surface area contributed by atoms with Crippen LogP contribution >= 0.6 is 0 Å². The van der Waals surface area contributed by atoms with Gasteiger partial charge in [0.15, 0.2) is 0 Å². The second-order valence-corrected chi connectivity index (χ2v) is 13.2. The van der Waals surface area contributed by atoms with E-state index >= 15 is 0 Å². The molecular formula is C32H37NSi. The van der Waals surface area contributed by atoms with Gasteiger partial charge in [-0.2, -0.15) is 0 Å². The topological polar surface area (TPSA) is 12.4 Å². The molecule has 0 N–H and O–H groups in total. The predicted octanol–water partition coefficient (Wildman–Crippen LogP) is 8.02. The Kier molecular flexibility index (Phi) is 5.76. The summed E-state index contributed by atoms with van der Waals surface area (Å²) in [5, 5.41) is 1.60. The van der Waals surface area contributed by atoms with Crippen molar-refractivity contribution in [3.63, 3.8) is 0 Å². The van der Waals surface area contributed by atoms with Gasteiger partial charge in [0.2, 0.25) is 0 Å². The third kappa shape index (κ3) is 3.82. The molecule has 0 aromatic heterocycles. The smallest absolute Gasteiger partial charge is 0.0709 e. The average Bonchev–Trinajstić information content (AvgIpc) is 3.40. The predicted molar refractivity (Wildman–Crippen MR) is 151 cm³/mol. The highest BCUT2D eigenvalue weighted by atomic mass is 28.2. The molecule has 0 spiro atoms. The maximum Gasteiger partial charge on any atom is 0.0709 e. The summed E-state index contributed by atoms with van der Waals surface area (Å²) in [6.07, 6.45) is 7.34. The van der Waals surface area contributed by atoms with Crippen LogP contribution in [0.25, 0.3) is 17.2 Å². The van der Waals surface area contributed by atoms with Crippen LogP contribution in [0.3, 0.4) is 0 Å². The van der Waals surface area contributed by atoms with Crippen molar-refractivity contribution in [2.75, 3.05) is 0 Å². The van der Waals surface area contributed by atoms with Gasteiger partial charge in [-0.05, 0) is 83.2 Å². The molecule has 0 saturated carbocycles. The summed E-state index contributed by atoms with van der Waals surface area (Å²) < 4.78 is 0. The van der Waals surface area contributed by atoms with E-state index in [4.69, 9.17) is 4.99 Å². The monoisotopic (exact) mass is 463 g/mol. The summed E-state index contributed by atoms with van der Waals surface area (Å²) in [6, 6.07) is 16.2. The first kappa shape index (κ1) is 23.0. The third-order valence-electron chi connectivity index (χ3n) is 7.95. The van der Waals surface area contributed by atoms with Crippen molar-refractivity contribution < 1.29 is 0 Å². The first-order valence-electron chi connectivity index (χ1n) is 12.8. The lowest BCUT2D eigenvalue weighted by atomic mass is 9.86. The van der Waals surface area contributed by atoms with Crippen molar-refractivity contribution in [3.05, 3.63) is 98.4 Å². The van der Waals surface area contributed by atoms with Crippen LogP contribution in [-0.2, 0) is 5.41 Å². The lowest BCUT2D eigenvalue weighted by Gasteiger charge is -2.20. The Balaban J connectivity index is 1.52. The zero-order chi connectivity index (χ0) is 24.2. The number of nitrogens with zero attached hydrogens (tertiary/aromatic N) is 1. The fraction of sp³-hybridized carbons (Fsp3) is 0.344. The highest BCUT2D eigenvalue weighted by Crippen LogP contribution is 2.45. The van der Waals surface area contributed by atoms with Gasteiger partial charge in [-0.25, -0.2) is 0 Å². The number of fused-ring (bicyclic) bond motifs is 2. The van der Waals surface area contributed by atoms with Crippen LogP contribution in [0.15, 0.2) is 86.7 Å². The summed E-state index contributed by atoms with van der Waals surface area (Å²) in [4.78, 5) is 4.85. The SMILES string of the molecule is CCCC1=Cc2c(-c3ccc(C(C)(C)C)cc3)cccc2C1[SiH2]C1=C(C)C2=C(C)C(C)=NC2=C1. The summed E-state index contributed by atoms with van der Waals surface area (Å²) in [5.41, 5.74) is 16.2. The van der Waals surface area contributed by atoms with Gasteiger partial charge in [-0.1, -0.05) is 93.4 Å². The van der Waals surface area contributed by atoms with Gasteiger partial charge in [0.05, 0.1) is 15.2 Å². The van der Waals surface area contributed by atoms with Gasteiger partial charge in [-0.3, -0.25) is 4.99 Å². The summed E-state index contributed by atoms with van der Waals surface area (Å²) in [5.74, 6) is 0. The van der Waals surface area contributed by atoms with E-state index in [1.165, 1.54) is 63.2 Å². The van der Waals surface area contributed by atoms with E-state index in [-0.39, 0.29) is 5.41 Å². The molecular weight excluding hydrogens is 426 g/mol. The maximum absolute atomic E-state index is 4.85. The normalized spacial score (nSPS) is 19.7. The molecule has 2 aromatic rings. The van der Waals surface area contributed by atoms with E-state index in [9.17, 15) is 0 Å². The molecule has 3 aliphatic rings. The van der Waals surface area contributed by atoms with E-state index in [1.807, 2.05) is 0 Å². The average molecular weight is 464 g/mol. The molecule has 34 heavy (non-hydrogen) atoms. The fourth-order valence-corrected chi connectivity index (χ4v) is 8.24. The molecule has 0 saturated heterocycles. The molecule has 1 atom stereocenters. The first-order valence-corrected chi connectivity index (χ1v) is 14.3. The van der Waals surface area contributed by atoms with Gasteiger partial charge >= 0.3 is 0 Å². The van der Waals surface area contributed by atoms with E-state index < -0.39 is 9.52 Å². The van der Waals surface area contributed by atoms with Gasteiger partial charge in [0.1, 0.15) is 0 Å². The molecule has 1 heterocycles. The molecule has 5 rings (SSSR count). The van der Waals surface area contributed by atoms with E-state index in [1.54, 1.807) is 16.3 Å². The Morgan fingerprint density at radius 1 is 0.912 bits per heavy atom. The fourth-order valence-electron chi connectivity index (χ4n) is 5.85. The van der Waals surface area contributed by atoms with E-state index in [2.05, 4.69) is 103 Å². The van der Waals surface area contributed by atoms with Gasteiger partial charge in [0.25, 0.3) is 0 Å². The molecule has 1 nitrogen and oxygen atoms in total. The Hall–Kier alpha value is -2.71. The Bertz CT molecular complexity index is 1320. The van der Waals surface area contributed by atoms with Crippen LogP contribution in [0.2, 0.25) is 0 Å². The second-order valence-electron chi connectivity index (χ2n) is 11.2. The Labute approximate surface area is 207 Å². The second kappa shape index (κ2) is 8.50. The minimum atomic E-state index is -0.528. The van der Waals surface area contributed by atoms with E-state index in [0.29, 0.717) is 5.54 Å². The number of allylic oxidation sites excluding steroid dienone is 5. The van der Waals surface area contributed by atoms with Crippen molar-refractivity contribution in [1.82, 2.24) is 0 Å². The zero-order valence-electron chi connectivity index (χ0n) is 21.8. The first-order chi connectivity index (χ1) is 16.2. The number of rotatable bonds is 5. The van der Waals surface area contributed by atoms with Crippen molar-refractivity contribution in [2.45, 2.75) is 72.3 Å². The number of hydrogen-bond donors (Lipinski definition) is 0. The number of aliphatic imine (C=N–C) groups is 1. The molecule has 0 bridgehead atoms. The van der Waals surface area contributed by atoms with Crippen LogP contribution < -0.4 is 0 Å². The molecule has 174 valence electrons. The van der Waals surface area contributed by atoms with Crippen LogP contribution in [0.1, 0.15) is 83.5 Å². The summed E-state index contributed by atoms with van der Waals surface area (Å²) >= 11 is 0. The van der Waals surface area contributed by atoms with E-state index in [0.717, 1.165) is 0 Å². The quantitative estimate of drug-likeness (QED) is 0.398. The molecule has 0 radical (unpaired) electrons. The molecule has 0 amide bonds. The van der Waals surface area contributed by atoms with Crippen LogP contribution in [0.5, 0.6) is 0 Å². The van der Waals surface area contributed by atoms with Gasteiger partial charge < -0.3 is 0 Å². The molecule has 1 unspecified atom stereocenters. The van der Waals surface area contributed by atoms with Crippen molar-refractivity contribution >= 4 is 21.3 Å². The third-order valence-corrected chi connectivity index (χ3v) is 10.5. The van der Waals surface area contributed by atoms with Crippen molar-refractivity contribution in [3.8, 4) is 11.1 Å². The highest BCUT2D eigenvalue weighted by Gasteiger charge is 2.32. The summed E-state index contributed by atoms with van der Waals surface area (Å²) in [6.45, 7) is 15.8. The summed E-state index contributed by atoms with van der Waals surface area (Å²) in [7, 11) is -0.528. The van der Waals surface area contributed by atoms with Crippen LogP contribution in [-0.4, -0.2) is 15.2 Å². The molecule has 2 aliphatic carbocycles. The van der Waals surface area contributed by atoms with Crippen LogP contribution in [0, 0.1) is 0 Å². The van der Waals surface area contributed by atoms with Crippen molar-refractivity contribution in [2.24, 2.45) is 4.99 Å². The Morgan fingerprint density at radius 2 is 1.65 bits per heavy atom. The lowest BCUT2D eigenvalue weighted by Crippen LogP contribution is -2.11.